The van der Waals surface area contributed by atoms with Gasteiger partial charge in [-0.15, -0.1) is 0 Å². The van der Waals surface area contributed by atoms with E-state index >= 15 is 0 Å². The van der Waals surface area contributed by atoms with Crippen LogP contribution in [0.3, 0.4) is 0 Å². The predicted octanol–water partition coefficient (Wildman–Crippen LogP) is 9.57. The van der Waals surface area contributed by atoms with Gasteiger partial charge in [0.15, 0.2) is 17.3 Å². The molecule has 47 heavy (non-hydrogen) atoms. The number of ketones is 1. The summed E-state index contributed by atoms with van der Waals surface area (Å²) in [7, 11) is 0. The average molecular weight is 649 g/mol. The number of halogens is 1. The minimum absolute atomic E-state index is 0.0303. The van der Waals surface area contributed by atoms with Gasteiger partial charge in [0.05, 0.1) is 24.0 Å². The number of carbonyl (C=O) groups is 2. The molecule has 6 rings (SSSR count). The van der Waals surface area contributed by atoms with Crippen molar-refractivity contribution in [1.82, 2.24) is 0 Å². The molecule has 2 unspecified atom stereocenters. The fraction of sp³-hybridized carbons (Fsp3) is 0.300. The van der Waals surface area contributed by atoms with Crippen molar-refractivity contribution < 1.29 is 19.1 Å². The van der Waals surface area contributed by atoms with Gasteiger partial charge in [-0.3, -0.25) is 14.5 Å². The van der Waals surface area contributed by atoms with Crippen LogP contribution in [0.4, 0.5) is 11.4 Å². The lowest BCUT2D eigenvalue weighted by molar-refractivity contribution is -0.119. The van der Waals surface area contributed by atoms with Crippen LogP contribution in [-0.2, 0) is 16.2 Å². The summed E-state index contributed by atoms with van der Waals surface area (Å²) in [4.78, 5) is 30.5. The maximum Gasteiger partial charge on any atom is 0.228 e. The van der Waals surface area contributed by atoms with Gasteiger partial charge < -0.3 is 14.8 Å². The Labute approximate surface area is 282 Å². The Balaban J connectivity index is 1.47. The number of ether oxygens (including phenoxy) is 2. The van der Waals surface area contributed by atoms with E-state index in [0.717, 1.165) is 33.8 Å². The number of anilines is 2. The summed E-state index contributed by atoms with van der Waals surface area (Å²) >= 11 is 6.07. The molecular formula is C40H41ClN2O4. The third kappa shape index (κ3) is 7.08. The zero-order valence-electron chi connectivity index (χ0n) is 27.4. The summed E-state index contributed by atoms with van der Waals surface area (Å²) in [6, 6.07) is 28.9. The van der Waals surface area contributed by atoms with E-state index in [1.807, 2.05) is 92.4 Å². The molecule has 1 amide bonds. The van der Waals surface area contributed by atoms with Crippen molar-refractivity contribution in [3.63, 3.8) is 0 Å². The van der Waals surface area contributed by atoms with Crippen molar-refractivity contribution in [2.75, 3.05) is 16.8 Å². The summed E-state index contributed by atoms with van der Waals surface area (Å²) in [5.74, 6) is 1.30. The fourth-order valence-corrected chi connectivity index (χ4v) is 6.65. The quantitative estimate of drug-likeness (QED) is 0.196. The Morgan fingerprint density at radius 2 is 1.64 bits per heavy atom. The molecule has 2 aliphatic rings. The lowest BCUT2D eigenvalue weighted by Crippen LogP contribution is -2.39. The van der Waals surface area contributed by atoms with Gasteiger partial charge in [-0.2, -0.15) is 0 Å². The van der Waals surface area contributed by atoms with Crippen LogP contribution in [-0.4, -0.2) is 18.3 Å². The molecule has 0 fully saturated rings. The number of allylic oxidation sites excluding steroid dienone is 1. The van der Waals surface area contributed by atoms with Gasteiger partial charge in [0.1, 0.15) is 6.61 Å². The van der Waals surface area contributed by atoms with Crippen molar-refractivity contribution in [2.45, 2.75) is 65.5 Å². The number of aryl methyl sites for hydroxylation is 1. The second-order valence-electron chi connectivity index (χ2n) is 12.8. The minimum atomic E-state index is -0.650. The highest BCUT2D eigenvalue weighted by Crippen LogP contribution is 2.48. The van der Waals surface area contributed by atoms with E-state index in [1.165, 1.54) is 5.56 Å². The molecule has 2 atom stereocenters. The average Bonchev–Trinajstić information content (AvgIpc) is 3.20. The molecule has 7 heteroatoms. The zero-order valence-corrected chi connectivity index (χ0v) is 28.1. The molecule has 4 aromatic carbocycles. The van der Waals surface area contributed by atoms with Crippen LogP contribution in [0.25, 0.3) is 0 Å². The van der Waals surface area contributed by atoms with Gasteiger partial charge in [0.2, 0.25) is 5.91 Å². The topological polar surface area (TPSA) is 67.9 Å². The number of hydrogen-bond donors (Lipinski definition) is 1. The van der Waals surface area contributed by atoms with Gasteiger partial charge in [-0.05, 0) is 85.2 Å². The van der Waals surface area contributed by atoms with E-state index in [4.69, 9.17) is 21.1 Å². The molecule has 6 nitrogen and oxygen atoms in total. The van der Waals surface area contributed by atoms with E-state index in [2.05, 4.69) is 36.5 Å². The summed E-state index contributed by atoms with van der Waals surface area (Å²) in [5.41, 5.74) is 7.12. The van der Waals surface area contributed by atoms with Gasteiger partial charge in [-0.25, -0.2) is 0 Å². The van der Waals surface area contributed by atoms with E-state index in [1.54, 1.807) is 0 Å². The maximum absolute atomic E-state index is 14.4. The molecule has 1 N–H and O–H groups in total. The largest absolute Gasteiger partial charge is 0.490 e. The van der Waals surface area contributed by atoms with Crippen molar-refractivity contribution >= 4 is 34.7 Å². The third-order valence-corrected chi connectivity index (χ3v) is 9.03. The molecule has 0 saturated carbocycles. The Kier molecular flexibility index (Phi) is 9.69. The lowest BCUT2D eigenvalue weighted by Gasteiger charge is -2.35. The second kappa shape index (κ2) is 14.1. The predicted molar refractivity (Wildman–Crippen MR) is 188 cm³/mol. The minimum Gasteiger partial charge on any atom is -0.490 e. The Hall–Kier alpha value is -4.55. The highest BCUT2D eigenvalue weighted by Gasteiger charge is 2.42. The Morgan fingerprint density at radius 3 is 2.36 bits per heavy atom. The van der Waals surface area contributed by atoms with Crippen LogP contribution >= 0.6 is 11.6 Å². The first kappa shape index (κ1) is 32.4. The number of benzene rings is 4. The first-order valence-electron chi connectivity index (χ1n) is 16.4. The van der Waals surface area contributed by atoms with Gasteiger partial charge in [0.25, 0.3) is 0 Å². The van der Waals surface area contributed by atoms with Gasteiger partial charge in [-0.1, -0.05) is 85.6 Å². The highest BCUT2D eigenvalue weighted by atomic mass is 35.5. The van der Waals surface area contributed by atoms with Gasteiger partial charge in [0, 0.05) is 29.1 Å². The number of para-hydroxylation sites is 2. The number of nitrogens with zero attached hydrogens (tertiary/aromatic N) is 1. The van der Waals surface area contributed by atoms with Crippen LogP contribution in [0.5, 0.6) is 11.5 Å². The van der Waals surface area contributed by atoms with Crippen LogP contribution in [0.15, 0.2) is 102 Å². The fourth-order valence-electron chi connectivity index (χ4n) is 6.53. The highest BCUT2D eigenvalue weighted by molar-refractivity contribution is 6.30. The number of fused-ring (bicyclic) bond motifs is 1. The van der Waals surface area contributed by atoms with Crippen molar-refractivity contribution in [1.29, 1.82) is 0 Å². The van der Waals surface area contributed by atoms with Crippen molar-refractivity contribution in [3.05, 3.63) is 130 Å². The molecular weight excluding hydrogens is 608 g/mol. The smallest absolute Gasteiger partial charge is 0.228 e. The molecule has 0 radical (unpaired) electrons. The third-order valence-electron chi connectivity index (χ3n) is 8.78. The molecule has 1 aliphatic carbocycles. The van der Waals surface area contributed by atoms with Crippen LogP contribution in [0.2, 0.25) is 5.02 Å². The standard InChI is InChI=1S/C40H41ClN2O4/c1-5-46-37-23-29(16-19-36(37)47-24-27-12-17-31(41)18-13-27)40-39-33(21-30(22-35(39)44)28-14-10-26(4)11-15-28)42-32-8-6-7-9-34(32)43(40)38(45)20-25(2)3/h6-19,23,25,30,40,42H,5,20-22,24H2,1-4H3. The first-order valence-corrected chi connectivity index (χ1v) is 16.7. The Bertz CT molecular complexity index is 1800. The molecule has 1 aliphatic heterocycles. The second-order valence-corrected chi connectivity index (χ2v) is 13.2. The van der Waals surface area contributed by atoms with E-state index in [-0.39, 0.29) is 23.5 Å². The number of carbonyl (C=O) groups excluding carboxylic acids is 2. The molecule has 0 aromatic heterocycles. The normalized spacial score (nSPS) is 17.5. The Morgan fingerprint density at radius 1 is 0.915 bits per heavy atom. The maximum atomic E-state index is 14.4. The van der Waals surface area contributed by atoms with Crippen LogP contribution in [0, 0.1) is 12.8 Å². The number of amides is 1. The van der Waals surface area contributed by atoms with Crippen LogP contribution in [0.1, 0.15) is 74.2 Å². The first-order chi connectivity index (χ1) is 22.7. The van der Waals surface area contributed by atoms with Crippen LogP contribution < -0.4 is 19.7 Å². The van der Waals surface area contributed by atoms with Gasteiger partial charge >= 0.3 is 0 Å². The SMILES string of the molecule is CCOc1cc(C2C3=C(CC(c4ccc(C)cc4)CC3=O)Nc3ccccc3N2C(=O)CC(C)C)ccc1OCc1ccc(Cl)cc1. The molecule has 0 spiro atoms. The number of Topliss-reactive ketones (excluding diaryl/α,β-unsaturated/α-hetero) is 1. The molecule has 4 aromatic rings. The van der Waals surface area contributed by atoms with Crippen molar-refractivity contribution in [2.24, 2.45) is 5.92 Å². The zero-order chi connectivity index (χ0) is 33.1. The number of nitrogens with one attached hydrogen (secondary N) is 1. The summed E-state index contributed by atoms with van der Waals surface area (Å²) in [5, 5.41) is 4.30. The van der Waals surface area contributed by atoms with E-state index < -0.39 is 6.04 Å². The monoisotopic (exact) mass is 648 g/mol. The molecule has 0 bridgehead atoms. The van der Waals surface area contributed by atoms with E-state index in [9.17, 15) is 9.59 Å². The summed E-state index contributed by atoms with van der Waals surface area (Å²) in [6.07, 6.45) is 1.36. The lowest BCUT2D eigenvalue weighted by atomic mass is 9.78. The van der Waals surface area contributed by atoms with Crippen molar-refractivity contribution in [3.8, 4) is 11.5 Å². The molecule has 1 heterocycles. The van der Waals surface area contributed by atoms with E-state index in [0.29, 0.717) is 54.6 Å². The number of rotatable bonds is 9. The number of hydrogen-bond acceptors (Lipinski definition) is 5. The summed E-state index contributed by atoms with van der Waals surface area (Å²) in [6.45, 7) is 8.84. The molecule has 242 valence electrons. The molecule has 0 saturated heterocycles. The summed E-state index contributed by atoms with van der Waals surface area (Å²) < 4.78 is 12.3.